The number of aryl methyl sites for hydroxylation is 1. The molecule has 15 heteroatoms. The number of carbonyl (C=O) groups is 4. The van der Waals surface area contributed by atoms with Crippen molar-refractivity contribution in [3.8, 4) is 28.1 Å². The van der Waals surface area contributed by atoms with Crippen LogP contribution in [0.2, 0.25) is 0 Å². The number of likely N-dealkylation sites (tertiary alicyclic amines) is 2. The molecule has 4 aromatic rings. The number of phenolic OH excluding ortho intramolecular Hbond substituents is 1. The number of hydrazine groups is 1. The van der Waals surface area contributed by atoms with E-state index in [0.717, 1.165) is 70.6 Å². The number of pyridine rings is 1. The maximum absolute atomic E-state index is 14.8. The lowest BCUT2D eigenvalue weighted by Gasteiger charge is -2.37. The molecule has 3 amide bonds. The van der Waals surface area contributed by atoms with E-state index in [1.807, 2.05) is 32.9 Å². The standard InChI is InChI=1S/C52H68N8O7/c1-8-58-43-14-13-34-25-39(43)40(46(58)38-11-9-17-53-44(38)32(4)66-7)26-51(5,6)30-67-49(64)41-12-10-18-60(56-41)48(63)42(23-33-21-35(34)24-37(61)22-33)55-47(62)45(31(2)3)59-20-16-52(50(59)65)15-19-57(29-52)28-36-27-54-36/h9,11,13-14,17,21-22,24-25,31-32,36,41-42,45,54,56,61H,8,10,12,15-16,18-20,23,26-30H2,1-7H3,(H,55,62)/t32-,36+,41-,42-,45-,52+/m0/s1. The number of nitrogens with one attached hydrogen (secondary N) is 3. The van der Waals surface area contributed by atoms with Crippen molar-refractivity contribution in [2.45, 2.75) is 117 Å². The maximum atomic E-state index is 14.8. The molecule has 6 bridgehead atoms. The molecule has 6 atom stereocenters. The smallest absolute Gasteiger partial charge is 0.324 e. The van der Waals surface area contributed by atoms with E-state index >= 15 is 0 Å². The molecule has 0 aliphatic carbocycles. The van der Waals surface area contributed by atoms with Gasteiger partial charge in [0.05, 0.1) is 29.5 Å². The van der Waals surface area contributed by atoms with Crippen LogP contribution < -0.4 is 16.1 Å². The highest BCUT2D eigenvalue weighted by Crippen LogP contribution is 2.44. The third-order valence-electron chi connectivity index (χ3n) is 14.9. The van der Waals surface area contributed by atoms with Gasteiger partial charge in [0.2, 0.25) is 11.8 Å². The first-order valence-electron chi connectivity index (χ1n) is 24.4. The highest BCUT2D eigenvalue weighted by molar-refractivity contribution is 5.96. The number of hydrogen-bond acceptors (Lipinski definition) is 11. The van der Waals surface area contributed by atoms with E-state index in [2.05, 4.69) is 70.6 Å². The van der Waals surface area contributed by atoms with Crippen molar-refractivity contribution in [1.82, 2.24) is 40.4 Å². The highest BCUT2D eigenvalue weighted by atomic mass is 16.5. The van der Waals surface area contributed by atoms with E-state index in [1.54, 1.807) is 30.3 Å². The highest BCUT2D eigenvalue weighted by Gasteiger charge is 2.54. The summed E-state index contributed by atoms with van der Waals surface area (Å²) < 4.78 is 14.3. The maximum Gasteiger partial charge on any atom is 0.324 e. The van der Waals surface area contributed by atoms with Crippen molar-refractivity contribution in [2.24, 2.45) is 16.7 Å². The molecular formula is C52H68N8O7. The first-order valence-corrected chi connectivity index (χ1v) is 24.4. The van der Waals surface area contributed by atoms with Gasteiger partial charge in [0.1, 0.15) is 23.9 Å². The Bertz CT molecular complexity index is 2550. The summed E-state index contributed by atoms with van der Waals surface area (Å²) in [5.74, 6) is -1.47. The van der Waals surface area contributed by atoms with Crippen LogP contribution in [0.15, 0.2) is 54.7 Å². The number of amides is 3. The van der Waals surface area contributed by atoms with E-state index in [9.17, 15) is 24.3 Å². The lowest BCUT2D eigenvalue weighted by Crippen LogP contribution is -2.62. The second-order valence-corrected chi connectivity index (χ2v) is 20.8. The summed E-state index contributed by atoms with van der Waals surface area (Å²) in [7, 11) is 1.68. The van der Waals surface area contributed by atoms with Crippen LogP contribution in [0.4, 0.5) is 0 Å². The second kappa shape index (κ2) is 18.6. The summed E-state index contributed by atoms with van der Waals surface area (Å²) in [5.41, 5.74) is 9.30. The average molecular weight is 917 g/mol. The first kappa shape index (κ1) is 46.7. The summed E-state index contributed by atoms with van der Waals surface area (Å²) in [6.07, 6.45) is 4.59. The zero-order chi connectivity index (χ0) is 47.4. The second-order valence-electron chi connectivity index (χ2n) is 20.8. The van der Waals surface area contributed by atoms with E-state index in [1.165, 1.54) is 5.01 Å². The van der Waals surface area contributed by atoms with Crippen LogP contribution in [0.5, 0.6) is 5.75 Å². The molecule has 9 rings (SSSR count). The molecule has 5 aliphatic rings. The van der Waals surface area contributed by atoms with E-state index < -0.39 is 46.7 Å². The molecule has 67 heavy (non-hydrogen) atoms. The molecule has 7 heterocycles. The summed E-state index contributed by atoms with van der Waals surface area (Å²) in [6.45, 7) is 17.3. The number of methoxy groups -OCH3 is 1. The van der Waals surface area contributed by atoms with Crippen LogP contribution in [0, 0.1) is 16.7 Å². The predicted molar refractivity (Wildman–Crippen MR) is 256 cm³/mol. The molecular weight excluding hydrogens is 849 g/mol. The van der Waals surface area contributed by atoms with Crippen molar-refractivity contribution in [1.29, 1.82) is 0 Å². The fourth-order valence-electron chi connectivity index (χ4n) is 11.3. The topological polar surface area (TPSA) is 181 Å². The Morgan fingerprint density at radius 3 is 2.58 bits per heavy atom. The summed E-state index contributed by atoms with van der Waals surface area (Å²) in [4.78, 5) is 66.9. The molecule has 0 saturated carbocycles. The largest absolute Gasteiger partial charge is 0.508 e. The third-order valence-corrected chi connectivity index (χ3v) is 14.9. The van der Waals surface area contributed by atoms with Crippen LogP contribution in [0.3, 0.4) is 0 Å². The molecule has 4 N–H and O–H groups in total. The number of aromatic nitrogens is 2. The minimum atomic E-state index is -1.10. The van der Waals surface area contributed by atoms with E-state index in [-0.39, 0.29) is 36.7 Å². The monoisotopic (exact) mass is 917 g/mol. The number of nitrogens with zero attached hydrogens (tertiary/aromatic N) is 5. The SMILES string of the molecule is CCn1c(-c2cccnc2[C@H](C)OC)c2c3cc(ccc31)-c1cc(O)cc(c1)C[C@H](NC(=O)[C@H](C(C)C)N1CC[C@@]3(CCN(C[C@H]4CN4)C3)C1=O)C(=O)N1CCC[C@H](N1)C(=O)OCC(C)(C)C2. The predicted octanol–water partition coefficient (Wildman–Crippen LogP) is 5.37. The quantitative estimate of drug-likeness (QED) is 0.119. The Hall–Kier alpha value is -5.35. The van der Waals surface area contributed by atoms with Crippen LogP contribution in [0.1, 0.15) is 90.2 Å². The fourth-order valence-corrected chi connectivity index (χ4v) is 11.3. The van der Waals surface area contributed by atoms with Crippen LogP contribution in [0.25, 0.3) is 33.3 Å². The van der Waals surface area contributed by atoms with Crippen molar-refractivity contribution in [3.63, 3.8) is 0 Å². The van der Waals surface area contributed by atoms with E-state index in [0.29, 0.717) is 63.5 Å². The van der Waals surface area contributed by atoms with Gasteiger partial charge in [-0.2, -0.15) is 0 Å². The number of hydrogen-bond donors (Lipinski definition) is 4. The minimum absolute atomic E-state index is 0.00966. The first-order chi connectivity index (χ1) is 32.1. The lowest BCUT2D eigenvalue weighted by molar-refractivity contribution is -0.155. The zero-order valence-corrected chi connectivity index (χ0v) is 40.2. The molecule has 2 aromatic carbocycles. The van der Waals surface area contributed by atoms with Gasteiger partial charge >= 0.3 is 5.97 Å². The van der Waals surface area contributed by atoms with Crippen molar-refractivity contribution >= 4 is 34.6 Å². The molecule has 358 valence electrons. The van der Waals surface area contributed by atoms with Gasteiger partial charge in [-0.3, -0.25) is 29.2 Å². The number of fused-ring (bicyclic) bond motifs is 6. The van der Waals surface area contributed by atoms with Crippen LogP contribution in [-0.2, 0) is 48.0 Å². The average Bonchev–Trinajstić information content (AvgIpc) is 3.85. The van der Waals surface area contributed by atoms with Crippen LogP contribution >= 0.6 is 0 Å². The fraction of sp³-hybridized carbons (Fsp3) is 0.558. The Balaban J connectivity index is 1.10. The normalized spacial score (nSPS) is 25.4. The van der Waals surface area contributed by atoms with Gasteiger partial charge in [-0.25, -0.2) is 5.43 Å². The molecule has 2 aromatic heterocycles. The number of benzene rings is 2. The molecule has 15 nitrogen and oxygen atoms in total. The Labute approximate surface area is 393 Å². The number of esters is 1. The Morgan fingerprint density at radius 1 is 1.04 bits per heavy atom. The number of carbonyl (C=O) groups excluding carboxylic acids is 4. The van der Waals surface area contributed by atoms with Crippen molar-refractivity contribution in [2.75, 3.05) is 53.0 Å². The molecule has 0 unspecified atom stereocenters. The van der Waals surface area contributed by atoms with Crippen LogP contribution in [-0.4, -0.2) is 130 Å². The number of cyclic esters (lactones) is 1. The van der Waals surface area contributed by atoms with Gasteiger partial charge in [0.15, 0.2) is 0 Å². The van der Waals surface area contributed by atoms with Gasteiger partial charge in [-0.15, -0.1) is 0 Å². The summed E-state index contributed by atoms with van der Waals surface area (Å²) in [6, 6.07) is 13.5. The number of ether oxygens (including phenoxy) is 2. The lowest BCUT2D eigenvalue weighted by atomic mass is 9.84. The molecule has 4 saturated heterocycles. The molecule has 0 radical (unpaired) electrons. The van der Waals surface area contributed by atoms with Gasteiger partial charge in [0.25, 0.3) is 5.91 Å². The third kappa shape index (κ3) is 9.32. The zero-order valence-electron chi connectivity index (χ0n) is 40.2. The Morgan fingerprint density at radius 2 is 1.84 bits per heavy atom. The molecule has 4 fully saturated rings. The molecule has 1 spiro atoms. The van der Waals surface area contributed by atoms with Gasteiger partial charge < -0.3 is 39.6 Å². The van der Waals surface area contributed by atoms with Gasteiger partial charge in [-0.1, -0.05) is 39.8 Å². The van der Waals surface area contributed by atoms with E-state index in [4.69, 9.17) is 14.5 Å². The minimum Gasteiger partial charge on any atom is -0.508 e. The van der Waals surface area contributed by atoms with Gasteiger partial charge in [0, 0.05) is 86.9 Å². The summed E-state index contributed by atoms with van der Waals surface area (Å²) in [5, 5.41) is 20.3. The summed E-state index contributed by atoms with van der Waals surface area (Å²) >= 11 is 0. The molecule has 5 aliphatic heterocycles. The number of phenols is 1. The van der Waals surface area contributed by atoms with Crippen molar-refractivity contribution in [3.05, 3.63) is 71.5 Å². The Kier molecular flexibility index (Phi) is 13.0. The van der Waals surface area contributed by atoms with Crippen molar-refractivity contribution < 1.29 is 33.8 Å². The number of aromatic hydroxyl groups is 1. The number of rotatable bonds is 10. The van der Waals surface area contributed by atoms with Gasteiger partial charge in [-0.05, 0) is 117 Å².